The Bertz CT molecular complexity index is 4110. The molecule has 67 heavy (non-hydrogen) atoms. The Morgan fingerprint density at radius 1 is 0.403 bits per heavy atom. The van der Waals surface area contributed by atoms with Gasteiger partial charge in [0.2, 0.25) is 0 Å². The van der Waals surface area contributed by atoms with Gasteiger partial charge in [0.1, 0.15) is 11.2 Å². The van der Waals surface area contributed by atoms with Crippen molar-refractivity contribution in [2.75, 3.05) is 4.90 Å². The molecule has 0 bridgehead atoms. The third kappa shape index (κ3) is 5.76. The molecule has 10 aromatic carbocycles. The first-order chi connectivity index (χ1) is 33.0. The van der Waals surface area contributed by atoms with Crippen molar-refractivity contribution in [2.45, 2.75) is 19.3 Å². The Morgan fingerprint density at radius 3 is 1.79 bits per heavy atom. The molecule has 0 unspecified atom stereocenters. The number of aromatic nitrogens is 1. The Morgan fingerprint density at radius 2 is 1.00 bits per heavy atom. The van der Waals surface area contributed by atoms with Crippen molar-refractivity contribution < 1.29 is 4.42 Å². The molecule has 14 rings (SSSR count). The van der Waals surface area contributed by atoms with Gasteiger partial charge in [-0.15, -0.1) is 11.3 Å². The summed E-state index contributed by atoms with van der Waals surface area (Å²) < 4.78 is 11.4. The van der Waals surface area contributed by atoms with Crippen molar-refractivity contribution >= 4 is 92.3 Å². The van der Waals surface area contributed by atoms with Crippen LogP contribution in [0.15, 0.2) is 223 Å². The fourth-order valence-corrected chi connectivity index (χ4v) is 12.2. The van der Waals surface area contributed by atoms with Gasteiger partial charge in [0.25, 0.3) is 0 Å². The van der Waals surface area contributed by atoms with Gasteiger partial charge in [-0.3, -0.25) is 0 Å². The number of hydrogen-bond acceptors (Lipinski definition) is 3. The quantitative estimate of drug-likeness (QED) is 0.166. The van der Waals surface area contributed by atoms with E-state index < -0.39 is 0 Å². The normalized spacial score (nSPS) is 13.0. The van der Waals surface area contributed by atoms with Crippen molar-refractivity contribution in [3.8, 4) is 39.1 Å². The van der Waals surface area contributed by atoms with Crippen LogP contribution >= 0.6 is 11.3 Å². The average molecular weight is 875 g/mol. The molecule has 0 amide bonds. The third-order valence-electron chi connectivity index (χ3n) is 14.4. The number of fused-ring (bicyclic) bond motifs is 13. The number of benzene rings is 10. The lowest BCUT2D eigenvalue weighted by Gasteiger charge is -2.28. The lowest BCUT2D eigenvalue weighted by atomic mass is 9.82. The lowest BCUT2D eigenvalue weighted by Crippen LogP contribution is -2.16. The van der Waals surface area contributed by atoms with Crippen molar-refractivity contribution in [1.82, 2.24) is 4.57 Å². The van der Waals surface area contributed by atoms with Crippen molar-refractivity contribution in [1.29, 1.82) is 0 Å². The zero-order chi connectivity index (χ0) is 44.4. The summed E-state index contributed by atoms with van der Waals surface area (Å²) in [5.41, 5.74) is 18.7. The predicted molar refractivity (Wildman–Crippen MR) is 284 cm³/mol. The number of rotatable bonds is 6. The molecular formula is C63H42N2OS. The van der Waals surface area contributed by atoms with E-state index in [-0.39, 0.29) is 5.41 Å². The van der Waals surface area contributed by atoms with Crippen LogP contribution in [0.1, 0.15) is 25.0 Å². The predicted octanol–water partition coefficient (Wildman–Crippen LogP) is 18.2. The van der Waals surface area contributed by atoms with Crippen LogP contribution in [0.2, 0.25) is 0 Å². The molecule has 0 spiro atoms. The van der Waals surface area contributed by atoms with Crippen LogP contribution in [0.3, 0.4) is 0 Å². The van der Waals surface area contributed by atoms with E-state index in [2.05, 4.69) is 236 Å². The Balaban J connectivity index is 0.838. The molecule has 0 atom stereocenters. The molecule has 1 aliphatic rings. The summed E-state index contributed by atoms with van der Waals surface area (Å²) in [6.07, 6.45) is 0. The van der Waals surface area contributed by atoms with E-state index in [0.29, 0.717) is 0 Å². The highest BCUT2D eigenvalue weighted by atomic mass is 32.1. The van der Waals surface area contributed by atoms with Gasteiger partial charge >= 0.3 is 0 Å². The van der Waals surface area contributed by atoms with Crippen LogP contribution in [0, 0.1) is 0 Å². The number of thiophene rings is 1. The fraction of sp³-hybridized carbons (Fsp3) is 0.0476. The molecule has 316 valence electrons. The summed E-state index contributed by atoms with van der Waals surface area (Å²) >= 11 is 1.86. The average Bonchev–Trinajstić information content (AvgIpc) is 4.11. The van der Waals surface area contributed by atoms with E-state index in [1.165, 1.54) is 91.9 Å². The number of furan rings is 1. The second kappa shape index (κ2) is 14.4. The lowest BCUT2D eigenvalue weighted by molar-refractivity contribution is 0.660. The molecule has 4 heteroatoms. The summed E-state index contributed by atoms with van der Waals surface area (Å²) in [5.74, 6) is 0. The molecule has 0 N–H and O–H groups in total. The van der Waals surface area contributed by atoms with Gasteiger partial charge < -0.3 is 13.9 Å². The molecule has 1 aliphatic carbocycles. The topological polar surface area (TPSA) is 21.3 Å². The maximum Gasteiger partial charge on any atom is 0.136 e. The minimum atomic E-state index is -0.114. The SMILES string of the molecule is CC1(C)c2ccccc2-c2ccc(N(c3ccc(-c4ccc(-n5c6ccccc6c6c7c(ccc65)oc5ccccc57)cc4)cc3)c3ccc(-c4ccc5sc6ccccc6c5c4)cc3)cc21. The number of nitrogens with zero attached hydrogens (tertiary/aromatic N) is 2. The van der Waals surface area contributed by atoms with Crippen molar-refractivity contribution in [3.05, 3.63) is 230 Å². The highest BCUT2D eigenvalue weighted by Gasteiger charge is 2.35. The molecule has 3 nitrogen and oxygen atoms in total. The summed E-state index contributed by atoms with van der Waals surface area (Å²) in [4.78, 5) is 2.41. The Labute approximate surface area is 392 Å². The van der Waals surface area contributed by atoms with Crippen molar-refractivity contribution in [2.24, 2.45) is 0 Å². The van der Waals surface area contributed by atoms with E-state index in [0.717, 1.165) is 39.3 Å². The maximum atomic E-state index is 6.33. The molecule has 0 saturated heterocycles. The van der Waals surface area contributed by atoms with Crippen LogP contribution in [0.4, 0.5) is 17.1 Å². The molecule has 3 heterocycles. The summed E-state index contributed by atoms with van der Waals surface area (Å²) in [5, 5.41) is 7.40. The molecule has 0 aliphatic heterocycles. The largest absolute Gasteiger partial charge is 0.456 e. The highest BCUT2D eigenvalue weighted by molar-refractivity contribution is 7.25. The van der Waals surface area contributed by atoms with E-state index in [9.17, 15) is 0 Å². The zero-order valence-corrected chi connectivity index (χ0v) is 37.8. The number of anilines is 3. The van der Waals surface area contributed by atoms with Crippen LogP contribution in [-0.4, -0.2) is 4.57 Å². The Kier molecular flexibility index (Phi) is 8.20. The van der Waals surface area contributed by atoms with Gasteiger partial charge in [-0.1, -0.05) is 141 Å². The number of hydrogen-bond donors (Lipinski definition) is 0. The summed E-state index contributed by atoms with van der Waals surface area (Å²) in [7, 11) is 0. The molecule has 0 radical (unpaired) electrons. The second-order valence-electron chi connectivity index (χ2n) is 18.5. The van der Waals surface area contributed by atoms with Crippen LogP contribution in [0.5, 0.6) is 0 Å². The van der Waals surface area contributed by atoms with E-state index in [1.54, 1.807) is 0 Å². The molecule has 3 aromatic heterocycles. The molecular weight excluding hydrogens is 833 g/mol. The van der Waals surface area contributed by atoms with E-state index >= 15 is 0 Å². The van der Waals surface area contributed by atoms with E-state index in [1.807, 2.05) is 17.4 Å². The second-order valence-corrected chi connectivity index (χ2v) is 19.6. The monoisotopic (exact) mass is 874 g/mol. The van der Waals surface area contributed by atoms with Gasteiger partial charge in [0, 0.05) is 69.9 Å². The molecule has 0 fully saturated rings. The molecule has 0 saturated carbocycles. The zero-order valence-electron chi connectivity index (χ0n) is 37.0. The standard InChI is InChI=1S/C63H42N2OS/c1-63(2)53-15-7-3-11-47(53)48-33-32-46(38-54(48)63)64(44-28-23-41(24-29-44)42-25-36-60-52(37-42)49-12-6-10-18-59(49)67-60)43-26-19-39(20-27-43)40-21-30-45(31-22-40)65-55-16-8-4-13-50(55)61-56(65)34-35-58-62(61)51-14-5-9-17-57(51)66-58/h3-38H,1-2H3. The smallest absolute Gasteiger partial charge is 0.136 e. The van der Waals surface area contributed by atoms with Crippen LogP contribution in [0.25, 0.3) is 103 Å². The van der Waals surface area contributed by atoms with Gasteiger partial charge in [-0.2, -0.15) is 0 Å². The van der Waals surface area contributed by atoms with Crippen LogP contribution in [-0.2, 0) is 5.41 Å². The first kappa shape index (κ1) is 38.1. The first-order valence-corrected chi connectivity index (χ1v) is 23.9. The van der Waals surface area contributed by atoms with Gasteiger partial charge in [0.15, 0.2) is 0 Å². The number of para-hydroxylation sites is 2. The molecule has 13 aromatic rings. The Hall–Kier alpha value is -8.18. The highest BCUT2D eigenvalue weighted by Crippen LogP contribution is 2.51. The van der Waals surface area contributed by atoms with E-state index in [4.69, 9.17) is 4.42 Å². The van der Waals surface area contributed by atoms with Gasteiger partial charge in [0.05, 0.1) is 11.0 Å². The van der Waals surface area contributed by atoms with Crippen molar-refractivity contribution in [3.63, 3.8) is 0 Å². The summed E-state index contributed by atoms with van der Waals surface area (Å²) in [6.45, 7) is 4.71. The minimum Gasteiger partial charge on any atom is -0.456 e. The third-order valence-corrected chi connectivity index (χ3v) is 15.6. The maximum absolute atomic E-state index is 6.33. The first-order valence-electron chi connectivity index (χ1n) is 23.1. The minimum absolute atomic E-state index is 0.114. The van der Waals surface area contributed by atoms with Crippen LogP contribution < -0.4 is 4.90 Å². The fourth-order valence-electron chi connectivity index (χ4n) is 11.1. The summed E-state index contributed by atoms with van der Waals surface area (Å²) in [6, 6.07) is 80.1. The van der Waals surface area contributed by atoms with Gasteiger partial charge in [-0.25, -0.2) is 0 Å². The van der Waals surface area contributed by atoms with Gasteiger partial charge in [-0.05, 0) is 136 Å².